The topological polar surface area (TPSA) is 262 Å². The Morgan fingerprint density at radius 2 is 0.587 bits per heavy atom. The molecule has 2 saturated heterocycles. The van der Waals surface area contributed by atoms with Gasteiger partial charge in [-0.15, -0.1) is 0 Å². The van der Waals surface area contributed by atoms with Crippen molar-refractivity contribution in [3.8, 4) is 0 Å². The summed E-state index contributed by atoms with van der Waals surface area (Å²) in [6.45, 7) is 9.68. The zero-order chi connectivity index (χ0) is 33.6. The van der Waals surface area contributed by atoms with Crippen LogP contribution in [0.2, 0.25) is 0 Å². The van der Waals surface area contributed by atoms with Crippen LogP contribution in [0.5, 0.6) is 0 Å². The minimum absolute atomic E-state index is 0. The molecule has 2 radical (unpaired) electrons. The van der Waals surface area contributed by atoms with Gasteiger partial charge in [-0.05, 0) is 0 Å². The number of carbonyl (C=O) groups excluding carboxylic acids is 4. The average Bonchev–Trinajstić information content (AvgIpc) is 2.96. The number of aliphatic hydroxyl groups is 2. The first kappa shape index (κ1) is 51.4. The van der Waals surface area contributed by atoms with Crippen molar-refractivity contribution >= 4 is 23.9 Å². The van der Waals surface area contributed by atoms with Gasteiger partial charge in [-0.2, -0.15) is 0 Å². The summed E-state index contributed by atoms with van der Waals surface area (Å²) in [6.07, 6.45) is 0. The molecule has 0 aromatic rings. The van der Waals surface area contributed by atoms with E-state index in [1.807, 2.05) is 0 Å². The van der Waals surface area contributed by atoms with Crippen LogP contribution in [-0.4, -0.2) is 199 Å². The first-order chi connectivity index (χ1) is 21.2. The number of aliphatic carboxylic acids is 4. The van der Waals surface area contributed by atoms with E-state index >= 15 is 0 Å². The Balaban J connectivity index is -0.000000333. The molecule has 2 aliphatic rings. The molecule has 2 fully saturated rings. The van der Waals surface area contributed by atoms with Crippen molar-refractivity contribution < 1.29 is 84.0 Å². The van der Waals surface area contributed by atoms with Gasteiger partial charge in [-0.3, -0.25) is 19.6 Å². The Bertz CT molecular complexity index is 645. The number of carbonyl (C=O) groups is 4. The Morgan fingerprint density at radius 1 is 0.413 bits per heavy atom. The predicted molar refractivity (Wildman–Crippen MR) is 154 cm³/mol. The summed E-state index contributed by atoms with van der Waals surface area (Å²) in [5.74, 6) is -4.48. The number of aliphatic hydroxyl groups excluding tert-OH is 2. The van der Waals surface area contributed by atoms with Crippen molar-refractivity contribution in [3.05, 3.63) is 0 Å². The molecule has 0 saturated carbocycles. The number of carboxylic acid groups (broad SMARTS) is 4. The zero-order valence-electron chi connectivity index (χ0n) is 26.8. The third-order valence-electron chi connectivity index (χ3n) is 6.25. The number of hydrogen-bond donors (Lipinski definition) is 6. The van der Waals surface area contributed by atoms with Gasteiger partial charge in [0.25, 0.3) is 0 Å². The van der Waals surface area contributed by atoms with Crippen LogP contribution in [0, 0.1) is 0 Å². The zero-order valence-corrected chi connectivity index (χ0v) is 29.2. The van der Waals surface area contributed by atoms with Crippen LogP contribution in [0.25, 0.3) is 0 Å². The number of carboxylic acids is 4. The van der Waals surface area contributed by atoms with Gasteiger partial charge in [0.1, 0.15) is 0 Å². The number of nitrogens with zero attached hydrogens (tertiary/aromatic N) is 4. The minimum Gasteiger partial charge on any atom is -0.549 e. The summed E-state index contributed by atoms with van der Waals surface area (Å²) < 4.78 is 0. The van der Waals surface area contributed by atoms with Gasteiger partial charge >= 0.3 is 34.1 Å². The molecule has 0 unspecified atom stereocenters. The molecule has 0 aromatic carbocycles. The summed E-state index contributed by atoms with van der Waals surface area (Å²) >= 11 is 0. The summed E-state index contributed by atoms with van der Waals surface area (Å²) in [5.41, 5.74) is 0. The maximum atomic E-state index is 10.7. The van der Waals surface area contributed by atoms with Crippen molar-refractivity contribution in [1.82, 2.24) is 40.9 Å². The van der Waals surface area contributed by atoms with Gasteiger partial charge in [0.15, 0.2) is 0 Å². The fourth-order valence-corrected chi connectivity index (χ4v) is 4.18. The molecule has 0 bridgehead atoms. The summed E-state index contributed by atoms with van der Waals surface area (Å²) in [4.78, 5) is 49.8. The Kier molecular flexibility index (Phi) is 40.6. The van der Waals surface area contributed by atoms with Gasteiger partial charge in [0.05, 0.1) is 23.9 Å². The van der Waals surface area contributed by atoms with Crippen LogP contribution in [0.4, 0.5) is 0 Å². The minimum atomic E-state index is -1.12. The first-order valence-corrected chi connectivity index (χ1v) is 14.6. The fraction of sp³-hybridized carbons (Fsp3) is 0.846. The summed E-state index contributed by atoms with van der Waals surface area (Å²) in [5, 5.41) is 69.7. The second kappa shape index (κ2) is 36.4. The molecule has 2 heterocycles. The van der Waals surface area contributed by atoms with Crippen LogP contribution >= 0.6 is 0 Å². The number of nitrogens with one attached hydrogen (secondary N) is 4. The van der Waals surface area contributed by atoms with Crippen molar-refractivity contribution in [1.29, 1.82) is 0 Å². The van der Waals surface area contributed by atoms with Crippen molar-refractivity contribution in [3.63, 3.8) is 0 Å². The van der Waals surface area contributed by atoms with Crippen molar-refractivity contribution in [2.24, 2.45) is 0 Å². The van der Waals surface area contributed by atoms with E-state index in [2.05, 4.69) is 21.3 Å². The molecular formula is C26H52Mn2N8O10. The largest absolute Gasteiger partial charge is 2.00 e. The molecule has 6 N–H and O–H groups in total. The van der Waals surface area contributed by atoms with E-state index in [1.54, 1.807) is 19.6 Å². The van der Waals surface area contributed by atoms with Gasteiger partial charge in [0.2, 0.25) is 0 Å². The van der Waals surface area contributed by atoms with Crippen LogP contribution < -0.4 is 41.7 Å². The van der Waals surface area contributed by atoms with Gasteiger partial charge in [-0.1, -0.05) is 0 Å². The van der Waals surface area contributed by atoms with E-state index < -0.39 is 23.9 Å². The molecule has 2 rings (SSSR count). The van der Waals surface area contributed by atoms with Gasteiger partial charge in [0, 0.05) is 145 Å². The number of hydrogen-bond acceptors (Lipinski definition) is 18. The van der Waals surface area contributed by atoms with Crippen LogP contribution in [-0.2, 0) is 53.3 Å². The Morgan fingerprint density at radius 3 is 0.739 bits per heavy atom. The van der Waals surface area contributed by atoms with E-state index in [1.165, 1.54) is 0 Å². The summed E-state index contributed by atoms with van der Waals surface area (Å²) in [7, 11) is 2.00. The fourth-order valence-electron chi connectivity index (χ4n) is 4.18. The maximum Gasteiger partial charge on any atom is 2.00 e. The molecule has 0 aliphatic carbocycles. The second-order valence-electron chi connectivity index (χ2n) is 9.59. The third kappa shape index (κ3) is 33.9. The summed E-state index contributed by atoms with van der Waals surface area (Å²) in [6, 6.07) is 0. The van der Waals surface area contributed by atoms with Crippen LogP contribution in [0.3, 0.4) is 0 Å². The molecule has 0 atom stereocenters. The molecule has 18 nitrogen and oxygen atoms in total. The van der Waals surface area contributed by atoms with Crippen LogP contribution in [0.15, 0.2) is 0 Å². The average molecular weight is 747 g/mol. The Labute approximate surface area is 293 Å². The van der Waals surface area contributed by atoms with E-state index in [-0.39, 0.29) is 60.3 Å². The van der Waals surface area contributed by atoms with E-state index in [4.69, 9.17) is 10.2 Å². The van der Waals surface area contributed by atoms with E-state index in [0.717, 1.165) is 40.4 Å². The standard InChI is InChI=1S/2C12H24N4O4.2CH4O.2Mn/c2*17-11(18)9-15-5-3-13-1-2-14-4-6-16(8-7-15)10-12(19)20;2*1-2;;/h2*13-14H,1-10H2,(H,17,18)(H,19,20);2*2H,1H3;;/q;;;;2*+2/p-4. The van der Waals surface area contributed by atoms with E-state index in [9.17, 15) is 39.6 Å². The van der Waals surface area contributed by atoms with Crippen LogP contribution in [0.1, 0.15) is 0 Å². The quantitative estimate of drug-likeness (QED) is 0.126. The maximum absolute atomic E-state index is 10.7. The number of rotatable bonds is 8. The van der Waals surface area contributed by atoms with Gasteiger partial charge < -0.3 is 71.1 Å². The molecule has 270 valence electrons. The smallest absolute Gasteiger partial charge is 0.549 e. The van der Waals surface area contributed by atoms with Gasteiger partial charge in [-0.25, -0.2) is 0 Å². The third-order valence-corrected chi connectivity index (χ3v) is 6.25. The monoisotopic (exact) mass is 746 g/mol. The predicted octanol–water partition coefficient (Wildman–Crippen LogP) is -10.2. The van der Waals surface area contributed by atoms with E-state index in [0.29, 0.717) is 78.5 Å². The Hall–Kier alpha value is -1.48. The molecule has 20 heteroatoms. The molecule has 46 heavy (non-hydrogen) atoms. The first-order valence-electron chi connectivity index (χ1n) is 14.6. The molecule has 2 aliphatic heterocycles. The normalized spacial score (nSPS) is 18.3. The van der Waals surface area contributed by atoms with Crippen molar-refractivity contribution in [2.45, 2.75) is 0 Å². The molecule has 0 aromatic heterocycles. The van der Waals surface area contributed by atoms with Crippen molar-refractivity contribution in [2.75, 3.05) is 145 Å². The SMILES string of the molecule is CO.CO.O=C([O-])CN1CCNCCNCCN(CC(=O)[O-])CC1.O=C([O-])CN1CCNCCNCCN(CC(=O)[O-])CC1.[Mn+2].[Mn+2]. The molecule has 0 spiro atoms. The molecule has 0 amide bonds. The second-order valence-corrected chi connectivity index (χ2v) is 9.59. The molecular weight excluding hydrogens is 694 g/mol.